The number of esters is 1. The molecule has 0 bridgehead atoms. The molecule has 0 aromatic heterocycles. The molecule has 3 nitrogen and oxygen atoms in total. The number of carbonyl (C=O) groups is 2. The number of benzene rings is 2. The Bertz CT molecular complexity index is 891. The van der Waals surface area contributed by atoms with Crippen LogP contribution < -0.4 is 0 Å². The normalized spacial score (nSPS) is 13.9. The molecule has 1 aliphatic rings. The maximum atomic E-state index is 13.1. The van der Waals surface area contributed by atoms with Crippen molar-refractivity contribution in [3.8, 4) is 0 Å². The summed E-state index contributed by atoms with van der Waals surface area (Å²) in [6, 6.07) is 13.2. The maximum Gasteiger partial charge on any atom is 0.316 e. The average molecular weight is 334 g/mol. The van der Waals surface area contributed by atoms with Gasteiger partial charge in [0.25, 0.3) is 0 Å². The van der Waals surface area contributed by atoms with Crippen molar-refractivity contribution in [2.24, 2.45) is 5.41 Å². The predicted octanol–water partition coefficient (Wildman–Crippen LogP) is 4.96. The Morgan fingerprint density at radius 1 is 0.880 bits per heavy atom. The fraction of sp³-hybridized carbons (Fsp3) is 0.273. The van der Waals surface area contributed by atoms with Crippen LogP contribution in [0.2, 0.25) is 0 Å². The minimum atomic E-state index is -0.653. The van der Waals surface area contributed by atoms with Crippen molar-refractivity contribution in [1.29, 1.82) is 0 Å². The van der Waals surface area contributed by atoms with Crippen LogP contribution in [0.4, 0.5) is 0 Å². The third-order valence-corrected chi connectivity index (χ3v) is 4.41. The first-order valence-electron chi connectivity index (χ1n) is 8.39. The molecule has 0 N–H and O–H groups in total. The second kappa shape index (κ2) is 5.99. The van der Waals surface area contributed by atoms with Gasteiger partial charge in [-0.25, -0.2) is 0 Å². The summed E-state index contributed by atoms with van der Waals surface area (Å²) in [6.07, 6.45) is 0. The lowest BCUT2D eigenvalue weighted by Gasteiger charge is -2.19. The molecule has 0 spiro atoms. The van der Waals surface area contributed by atoms with E-state index in [-0.39, 0.29) is 11.8 Å². The third-order valence-electron chi connectivity index (χ3n) is 4.41. The summed E-state index contributed by atoms with van der Waals surface area (Å²) in [6.45, 7) is 9.34. The standard InChI is InChI=1S/C22H22O3/c1-13-9-8-10-14(2)17(13)18-19(23)15-11-6-7-12-16(15)20(18)25-21(24)22(3,4)5/h6-12H,1-5H3. The Hall–Kier alpha value is -2.68. The van der Waals surface area contributed by atoms with E-state index >= 15 is 0 Å². The van der Waals surface area contributed by atoms with Crippen molar-refractivity contribution in [3.63, 3.8) is 0 Å². The lowest BCUT2D eigenvalue weighted by molar-refractivity contribution is -0.145. The number of ketones is 1. The molecule has 3 rings (SSSR count). The monoisotopic (exact) mass is 334 g/mol. The zero-order valence-electron chi connectivity index (χ0n) is 15.3. The fourth-order valence-electron chi connectivity index (χ4n) is 3.04. The molecule has 128 valence electrons. The van der Waals surface area contributed by atoms with Gasteiger partial charge in [0.1, 0.15) is 0 Å². The van der Waals surface area contributed by atoms with E-state index in [1.807, 2.05) is 50.2 Å². The number of allylic oxidation sites excluding steroid dienone is 1. The minimum absolute atomic E-state index is 0.0929. The molecule has 2 aromatic carbocycles. The van der Waals surface area contributed by atoms with Gasteiger partial charge >= 0.3 is 5.97 Å². The lowest BCUT2D eigenvalue weighted by atomic mass is 9.93. The minimum Gasteiger partial charge on any atom is -0.425 e. The summed E-state index contributed by atoms with van der Waals surface area (Å²) >= 11 is 0. The summed E-state index contributed by atoms with van der Waals surface area (Å²) in [4.78, 5) is 25.6. The van der Waals surface area contributed by atoms with Crippen LogP contribution in [-0.2, 0) is 9.53 Å². The topological polar surface area (TPSA) is 43.4 Å². The highest BCUT2D eigenvalue weighted by Crippen LogP contribution is 2.41. The molecular weight excluding hydrogens is 312 g/mol. The molecule has 0 radical (unpaired) electrons. The van der Waals surface area contributed by atoms with Gasteiger partial charge in [0.2, 0.25) is 0 Å². The fourth-order valence-corrected chi connectivity index (χ4v) is 3.04. The Morgan fingerprint density at radius 3 is 2.00 bits per heavy atom. The first kappa shape index (κ1) is 17.2. The van der Waals surface area contributed by atoms with Gasteiger partial charge in [0.05, 0.1) is 11.0 Å². The van der Waals surface area contributed by atoms with Crippen LogP contribution in [0.3, 0.4) is 0 Å². The van der Waals surface area contributed by atoms with Crippen molar-refractivity contribution in [1.82, 2.24) is 0 Å². The number of ether oxygens (including phenoxy) is 1. The molecule has 0 unspecified atom stereocenters. The molecule has 0 amide bonds. The zero-order valence-corrected chi connectivity index (χ0v) is 15.3. The van der Waals surface area contributed by atoms with Crippen molar-refractivity contribution < 1.29 is 14.3 Å². The average Bonchev–Trinajstić information content (AvgIpc) is 2.80. The van der Waals surface area contributed by atoms with Crippen LogP contribution in [0.1, 0.15) is 53.4 Å². The molecule has 0 saturated carbocycles. The molecule has 0 heterocycles. The van der Waals surface area contributed by atoms with Crippen LogP contribution in [0.15, 0.2) is 42.5 Å². The molecule has 0 aliphatic heterocycles. The van der Waals surface area contributed by atoms with Gasteiger partial charge in [0.15, 0.2) is 11.5 Å². The highest BCUT2D eigenvalue weighted by Gasteiger charge is 2.36. The summed E-state index contributed by atoms with van der Waals surface area (Å²) in [5.74, 6) is -0.0709. The van der Waals surface area contributed by atoms with Crippen molar-refractivity contribution in [3.05, 3.63) is 70.3 Å². The van der Waals surface area contributed by atoms with Crippen LogP contribution in [0.25, 0.3) is 11.3 Å². The summed E-state index contributed by atoms with van der Waals surface area (Å²) < 4.78 is 5.77. The highest BCUT2D eigenvalue weighted by atomic mass is 16.5. The van der Waals surface area contributed by atoms with E-state index < -0.39 is 5.41 Å². The van der Waals surface area contributed by atoms with Crippen molar-refractivity contribution >= 4 is 23.1 Å². The Kier molecular flexibility index (Phi) is 4.11. The Morgan fingerprint density at radius 2 is 1.44 bits per heavy atom. The lowest BCUT2D eigenvalue weighted by Crippen LogP contribution is -2.22. The largest absolute Gasteiger partial charge is 0.425 e. The second-order valence-corrected chi connectivity index (χ2v) is 7.49. The molecule has 0 atom stereocenters. The van der Waals surface area contributed by atoms with Crippen LogP contribution in [0, 0.1) is 19.3 Å². The zero-order chi connectivity index (χ0) is 18.4. The molecule has 0 saturated heterocycles. The molecule has 1 aliphatic carbocycles. The van der Waals surface area contributed by atoms with Crippen molar-refractivity contribution in [2.75, 3.05) is 0 Å². The van der Waals surface area contributed by atoms with E-state index in [0.29, 0.717) is 22.5 Å². The van der Waals surface area contributed by atoms with Crippen LogP contribution in [0.5, 0.6) is 0 Å². The predicted molar refractivity (Wildman–Crippen MR) is 99.0 cm³/mol. The third kappa shape index (κ3) is 2.91. The summed E-state index contributed by atoms with van der Waals surface area (Å²) in [5.41, 5.74) is 3.91. The Labute approximate surface area is 148 Å². The quantitative estimate of drug-likeness (QED) is 0.729. The van der Waals surface area contributed by atoms with E-state index in [4.69, 9.17) is 4.74 Å². The number of aryl methyl sites for hydroxylation is 2. The van der Waals surface area contributed by atoms with Gasteiger partial charge in [-0.05, 0) is 51.3 Å². The van der Waals surface area contributed by atoms with Gasteiger partial charge in [0, 0.05) is 11.1 Å². The summed E-state index contributed by atoms with van der Waals surface area (Å²) in [7, 11) is 0. The van der Waals surface area contributed by atoms with E-state index in [2.05, 4.69) is 0 Å². The number of fused-ring (bicyclic) bond motifs is 1. The van der Waals surface area contributed by atoms with Crippen LogP contribution >= 0.6 is 0 Å². The maximum absolute atomic E-state index is 13.1. The first-order chi connectivity index (χ1) is 11.7. The molecule has 25 heavy (non-hydrogen) atoms. The SMILES string of the molecule is Cc1cccc(C)c1C1=C(OC(=O)C(C)(C)C)c2ccccc2C1=O. The van der Waals surface area contributed by atoms with E-state index in [0.717, 1.165) is 16.7 Å². The number of rotatable bonds is 2. The number of hydrogen-bond donors (Lipinski definition) is 0. The first-order valence-corrected chi connectivity index (χ1v) is 8.39. The van der Waals surface area contributed by atoms with Gasteiger partial charge < -0.3 is 4.74 Å². The molecule has 3 heteroatoms. The second-order valence-electron chi connectivity index (χ2n) is 7.49. The molecular formula is C22H22O3. The van der Waals surface area contributed by atoms with E-state index in [1.54, 1.807) is 26.8 Å². The van der Waals surface area contributed by atoms with Gasteiger partial charge in [-0.15, -0.1) is 0 Å². The molecule has 2 aromatic rings. The van der Waals surface area contributed by atoms with Gasteiger partial charge in [-0.3, -0.25) is 9.59 Å². The van der Waals surface area contributed by atoms with Crippen LogP contribution in [-0.4, -0.2) is 11.8 Å². The highest BCUT2D eigenvalue weighted by molar-refractivity contribution is 6.39. The smallest absolute Gasteiger partial charge is 0.316 e. The Balaban J connectivity index is 2.25. The van der Waals surface area contributed by atoms with Gasteiger partial charge in [-0.1, -0.05) is 42.5 Å². The number of Topliss-reactive ketones (excluding diaryl/α,β-unsaturated/α-hetero) is 1. The van der Waals surface area contributed by atoms with E-state index in [1.165, 1.54) is 0 Å². The van der Waals surface area contributed by atoms with E-state index in [9.17, 15) is 9.59 Å². The number of carbonyl (C=O) groups excluding carboxylic acids is 2. The van der Waals surface area contributed by atoms with Gasteiger partial charge in [-0.2, -0.15) is 0 Å². The summed E-state index contributed by atoms with van der Waals surface area (Å²) in [5, 5.41) is 0. The van der Waals surface area contributed by atoms with Crippen molar-refractivity contribution in [2.45, 2.75) is 34.6 Å². The molecule has 0 fully saturated rings. The number of hydrogen-bond acceptors (Lipinski definition) is 3.